The summed E-state index contributed by atoms with van der Waals surface area (Å²) in [6, 6.07) is 14.1. The molecule has 0 aliphatic carbocycles. The average molecular weight is 396 g/mol. The van der Waals surface area contributed by atoms with E-state index in [4.69, 9.17) is 9.47 Å². The Bertz CT molecular complexity index is 807. The van der Waals surface area contributed by atoms with Crippen LogP contribution in [-0.2, 0) is 15.0 Å². The molecule has 2 aromatic rings. The lowest BCUT2D eigenvalue weighted by Crippen LogP contribution is -2.25. The Kier molecular flexibility index (Phi) is 7.09. The maximum absolute atomic E-state index is 11.3. The highest BCUT2D eigenvalue weighted by atomic mass is 16.6. The molecule has 6 nitrogen and oxygen atoms in total. The van der Waals surface area contributed by atoms with Gasteiger partial charge in [-0.2, -0.15) is 0 Å². The Morgan fingerprint density at radius 3 is 1.38 bits per heavy atom. The summed E-state index contributed by atoms with van der Waals surface area (Å²) in [5, 5.41) is 19.2. The molecule has 0 radical (unpaired) electrons. The molecule has 29 heavy (non-hydrogen) atoms. The maximum atomic E-state index is 11.3. The molecule has 0 aromatic heterocycles. The molecular formula is C23H24O6. The van der Waals surface area contributed by atoms with Gasteiger partial charge in [0, 0.05) is 5.41 Å². The SMILES string of the molecule is C=CC(=O)C(O)Oc1ccc(C(C)(C)c2ccc(OC(O)C(=O)C=C)cc2)cc1. The van der Waals surface area contributed by atoms with Crippen LogP contribution in [0.5, 0.6) is 11.5 Å². The van der Waals surface area contributed by atoms with Gasteiger partial charge in [-0.15, -0.1) is 0 Å². The molecule has 2 rings (SSSR count). The predicted octanol–water partition coefficient (Wildman–Crippen LogP) is 2.92. The highest BCUT2D eigenvalue weighted by Crippen LogP contribution is 2.33. The fraction of sp³-hybridized carbons (Fsp3) is 0.217. The lowest BCUT2D eigenvalue weighted by molar-refractivity contribution is -0.136. The van der Waals surface area contributed by atoms with E-state index >= 15 is 0 Å². The molecule has 2 aromatic carbocycles. The van der Waals surface area contributed by atoms with Crippen molar-refractivity contribution < 1.29 is 29.3 Å². The third-order valence-electron chi connectivity index (χ3n) is 4.54. The van der Waals surface area contributed by atoms with E-state index in [-0.39, 0.29) is 5.41 Å². The smallest absolute Gasteiger partial charge is 0.261 e. The molecule has 0 saturated heterocycles. The summed E-state index contributed by atoms with van der Waals surface area (Å²) in [5.41, 5.74) is 1.58. The van der Waals surface area contributed by atoms with Gasteiger partial charge >= 0.3 is 0 Å². The fourth-order valence-electron chi connectivity index (χ4n) is 2.64. The molecular weight excluding hydrogens is 372 g/mol. The molecule has 0 fully saturated rings. The van der Waals surface area contributed by atoms with E-state index in [0.29, 0.717) is 11.5 Å². The first-order valence-corrected chi connectivity index (χ1v) is 8.92. The van der Waals surface area contributed by atoms with Crippen molar-refractivity contribution in [3.05, 3.63) is 85.0 Å². The fourth-order valence-corrected chi connectivity index (χ4v) is 2.64. The van der Waals surface area contributed by atoms with Gasteiger partial charge in [-0.3, -0.25) is 9.59 Å². The Morgan fingerprint density at radius 2 is 1.10 bits per heavy atom. The molecule has 0 bridgehead atoms. The summed E-state index contributed by atoms with van der Waals surface area (Å²) in [5.74, 6) is -0.512. The van der Waals surface area contributed by atoms with Gasteiger partial charge in [-0.05, 0) is 47.5 Å². The second-order valence-electron chi connectivity index (χ2n) is 6.83. The Labute approximate surface area is 169 Å². The Hall–Kier alpha value is -3.22. The first-order valence-electron chi connectivity index (χ1n) is 8.92. The van der Waals surface area contributed by atoms with Crippen LogP contribution in [0.2, 0.25) is 0 Å². The molecule has 2 N–H and O–H groups in total. The van der Waals surface area contributed by atoms with Crippen LogP contribution in [0.4, 0.5) is 0 Å². The van der Waals surface area contributed by atoms with Crippen molar-refractivity contribution in [2.75, 3.05) is 0 Å². The lowest BCUT2D eigenvalue weighted by Gasteiger charge is -2.26. The first kappa shape index (κ1) is 22.1. The van der Waals surface area contributed by atoms with Gasteiger partial charge in [-0.25, -0.2) is 0 Å². The summed E-state index contributed by atoms with van der Waals surface area (Å²) in [7, 11) is 0. The standard InChI is InChI=1S/C23H24O6/c1-5-19(24)21(26)28-17-11-7-15(8-12-17)23(3,4)16-9-13-18(14-10-16)29-22(27)20(25)6-2/h5-14,21-22,26-27H,1-2H2,3-4H3. The first-order chi connectivity index (χ1) is 13.7. The second-order valence-corrected chi connectivity index (χ2v) is 6.83. The molecule has 6 heteroatoms. The van der Waals surface area contributed by atoms with E-state index in [2.05, 4.69) is 13.2 Å². The van der Waals surface area contributed by atoms with E-state index in [1.807, 2.05) is 38.1 Å². The minimum atomic E-state index is -1.58. The van der Waals surface area contributed by atoms with Gasteiger partial charge in [0.1, 0.15) is 11.5 Å². The monoisotopic (exact) mass is 396 g/mol. The molecule has 0 amide bonds. The van der Waals surface area contributed by atoms with Crippen LogP contribution < -0.4 is 9.47 Å². The maximum Gasteiger partial charge on any atom is 0.261 e. The number of carbonyl (C=O) groups is 2. The minimum Gasteiger partial charge on any atom is -0.457 e. The zero-order valence-corrected chi connectivity index (χ0v) is 16.4. The Morgan fingerprint density at radius 1 is 0.793 bits per heavy atom. The molecule has 0 saturated carbocycles. The van der Waals surface area contributed by atoms with Gasteiger partial charge in [-0.1, -0.05) is 51.3 Å². The average Bonchev–Trinajstić information content (AvgIpc) is 2.73. The van der Waals surface area contributed by atoms with Gasteiger partial charge in [0.25, 0.3) is 12.6 Å². The van der Waals surface area contributed by atoms with E-state index in [1.165, 1.54) is 0 Å². The summed E-state index contributed by atoms with van der Waals surface area (Å²) in [4.78, 5) is 22.7. The minimum absolute atomic E-state index is 0.358. The van der Waals surface area contributed by atoms with Gasteiger partial charge in [0.15, 0.2) is 0 Å². The summed E-state index contributed by atoms with van der Waals surface area (Å²) in [6.45, 7) is 10.7. The van der Waals surface area contributed by atoms with Crippen LogP contribution in [-0.4, -0.2) is 34.4 Å². The highest BCUT2D eigenvalue weighted by molar-refractivity contribution is 5.92. The van der Waals surface area contributed by atoms with E-state index in [0.717, 1.165) is 23.3 Å². The van der Waals surface area contributed by atoms with Crippen molar-refractivity contribution in [2.45, 2.75) is 31.8 Å². The molecule has 0 spiro atoms. The number of hydrogen-bond acceptors (Lipinski definition) is 6. The molecule has 2 atom stereocenters. The van der Waals surface area contributed by atoms with Crippen LogP contribution in [0, 0.1) is 0 Å². The van der Waals surface area contributed by atoms with Crippen molar-refractivity contribution in [2.24, 2.45) is 0 Å². The number of ether oxygens (including phenoxy) is 2. The zero-order chi connectivity index (χ0) is 21.6. The molecule has 2 unspecified atom stereocenters. The normalized spacial score (nSPS) is 13.1. The van der Waals surface area contributed by atoms with E-state index in [1.54, 1.807) is 24.3 Å². The highest BCUT2D eigenvalue weighted by Gasteiger charge is 2.24. The topological polar surface area (TPSA) is 93.1 Å². The number of carbonyl (C=O) groups excluding carboxylic acids is 2. The van der Waals surface area contributed by atoms with Gasteiger partial charge in [0.2, 0.25) is 11.6 Å². The summed E-state index contributed by atoms with van der Waals surface area (Å²) >= 11 is 0. The molecule has 152 valence electrons. The van der Waals surface area contributed by atoms with Crippen LogP contribution >= 0.6 is 0 Å². The number of aliphatic hydroxyl groups is 2. The largest absolute Gasteiger partial charge is 0.457 e. The van der Waals surface area contributed by atoms with Crippen molar-refractivity contribution in [1.82, 2.24) is 0 Å². The molecule has 0 aliphatic heterocycles. The molecule has 0 aliphatic rings. The van der Waals surface area contributed by atoms with Crippen molar-refractivity contribution in [3.63, 3.8) is 0 Å². The van der Waals surface area contributed by atoms with Gasteiger partial charge in [0.05, 0.1) is 0 Å². The third kappa shape index (κ3) is 5.40. The number of aliphatic hydroxyl groups excluding tert-OH is 2. The van der Waals surface area contributed by atoms with Gasteiger partial charge < -0.3 is 19.7 Å². The summed E-state index contributed by atoms with van der Waals surface area (Å²) < 4.78 is 10.4. The number of rotatable bonds is 10. The number of hydrogen-bond donors (Lipinski definition) is 2. The zero-order valence-electron chi connectivity index (χ0n) is 16.4. The van der Waals surface area contributed by atoms with Crippen molar-refractivity contribution in [3.8, 4) is 11.5 Å². The summed E-state index contributed by atoms with van der Waals surface area (Å²) in [6.07, 6.45) is -1.16. The van der Waals surface area contributed by atoms with Crippen LogP contribution in [0.1, 0.15) is 25.0 Å². The number of benzene rings is 2. The van der Waals surface area contributed by atoms with E-state index in [9.17, 15) is 19.8 Å². The predicted molar refractivity (Wildman–Crippen MR) is 109 cm³/mol. The second kappa shape index (κ2) is 9.32. The van der Waals surface area contributed by atoms with Crippen LogP contribution in [0.3, 0.4) is 0 Å². The van der Waals surface area contributed by atoms with E-state index < -0.39 is 24.1 Å². The molecule has 0 heterocycles. The van der Waals surface area contributed by atoms with Crippen LogP contribution in [0.25, 0.3) is 0 Å². The Balaban J connectivity index is 2.13. The number of ketones is 2. The quantitative estimate of drug-likeness (QED) is 0.474. The van der Waals surface area contributed by atoms with Crippen molar-refractivity contribution >= 4 is 11.6 Å². The van der Waals surface area contributed by atoms with Crippen molar-refractivity contribution in [1.29, 1.82) is 0 Å². The third-order valence-corrected chi connectivity index (χ3v) is 4.54. The lowest BCUT2D eigenvalue weighted by atomic mass is 9.78. The van der Waals surface area contributed by atoms with Crippen LogP contribution in [0.15, 0.2) is 73.8 Å².